The number of amides is 3. The van der Waals surface area contributed by atoms with Gasteiger partial charge in [-0.05, 0) is 65.2 Å². The van der Waals surface area contributed by atoms with Crippen LogP contribution < -0.4 is 10.6 Å². The molecule has 2 heterocycles. The van der Waals surface area contributed by atoms with E-state index in [1.807, 2.05) is 38.1 Å². The van der Waals surface area contributed by atoms with E-state index in [0.29, 0.717) is 30.9 Å². The molecule has 1 fully saturated rings. The van der Waals surface area contributed by atoms with Gasteiger partial charge in [-0.1, -0.05) is 17.3 Å². The van der Waals surface area contributed by atoms with Gasteiger partial charge < -0.3 is 20.3 Å². The maximum Gasteiger partial charge on any atom is 0.407 e. The summed E-state index contributed by atoms with van der Waals surface area (Å²) < 4.78 is 6.83. The third-order valence-electron chi connectivity index (χ3n) is 5.52. The van der Waals surface area contributed by atoms with Gasteiger partial charge in [0.1, 0.15) is 5.60 Å². The average Bonchev–Trinajstić information content (AvgIpc) is 3.16. The summed E-state index contributed by atoms with van der Waals surface area (Å²) in [6.45, 7) is 10.6. The molecule has 184 valence electrons. The third kappa shape index (κ3) is 6.55. The van der Waals surface area contributed by atoms with Crippen molar-refractivity contribution in [2.45, 2.75) is 53.1 Å². The van der Waals surface area contributed by atoms with Crippen molar-refractivity contribution in [3.8, 4) is 5.69 Å². The highest BCUT2D eigenvalue weighted by atomic mass is 16.6. The van der Waals surface area contributed by atoms with Crippen molar-refractivity contribution in [2.24, 2.45) is 5.92 Å². The third-order valence-corrected chi connectivity index (χ3v) is 5.52. The minimum atomic E-state index is -0.574. The first-order valence-electron chi connectivity index (χ1n) is 11.6. The van der Waals surface area contributed by atoms with Crippen LogP contribution in [0.3, 0.4) is 0 Å². The Hall–Kier alpha value is -3.43. The van der Waals surface area contributed by atoms with Gasteiger partial charge in [0.15, 0.2) is 5.69 Å². The molecular formula is C24H34N6O4. The first-order chi connectivity index (χ1) is 16.0. The van der Waals surface area contributed by atoms with Crippen molar-refractivity contribution in [1.82, 2.24) is 30.5 Å². The van der Waals surface area contributed by atoms with Crippen molar-refractivity contribution >= 4 is 17.9 Å². The minimum absolute atomic E-state index is 0.136. The number of nitrogens with zero attached hydrogens (tertiary/aromatic N) is 4. The molecule has 3 amide bonds. The normalized spacial score (nSPS) is 16.1. The Morgan fingerprint density at radius 1 is 1.15 bits per heavy atom. The van der Waals surface area contributed by atoms with Crippen molar-refractivity contribution in [1.29, 1.82) is 0 Å². The number of nitrogens with one attached hydrogen (secondary N) is 2. The van der Waals surface area contributed by atoms with Crippen LogP contribution >= 0.6 is 0 Å². The summed E-state index contributed by atoms with van der Waals surface area (Å²) in [5, 5.41) is 13.8. The lowest BCUT2D eigenvalue weighted by atomic mass is 9.96. The lowest BCUT2D eigenvalue weighted by Gasteiger charge is -2.31. The van der Waals surface area contributed by atoms with Crippen molar-refractivity contribution in [3.63, 3.8) is 0 Å². The molecule has 0 radical (unpaired) electrons. The summed E-state index contributed by atoms with van der Waals surface area (Å²) in [4.78, 5) is 39.2. The largest absolute Gasteiger partial charge is 0.444 e. The summed E-state index contributed by atoms with van der Waals surface area (Å²) in [6.07, 6.45) is 0.903. The number of aromatic nitrogens is 3. The monoisotopic (exact) mass is 470 g/mol. The number of alkyl carbamates (subject to hydrolysis) is 1. The summed E-state index contributed by atoms with van der Waals surface area (Å²) >= 11 is 0. The maximum absolute atomic E-state index is 13.2. The van der Waals surface area contributed by atoms with Gasteiger partial charge in [0, 0.05) is 26.2 Å². The van der Waals surface area contributed by atoms with Gasteiger partial charge in [-0.25, -0.2) is 9.48 Å². The molecular weight excluding hydrogens is 436 g/mol. The van der Waals surface area contributed by atoms with Crippen LogP contribution in [0.15, 0.2) is 24.3 Å². The highest BCUT2D eigenvalue weighted by Gasteiger charge is 2.31. The Bertz CT molecular complexity index is 1040. The number of hydrogen-bond donors (Lipinski definition) is 2. The molecule has 1 aromatic heterocycles. The summed E-state index contributed by atoms with van der Waals surface area (Å²) in [5.74, 6) is -0.671. The standard InChI is InChI=1S/C24H34N6O4/c1-16-8-6-10-19(14-16)30-17(2)20(27-28-30)22(32)29-13-7-9-18(15-29)21(31)25-11-12-26-23(33)34-24(3,4)5/h6,8,10,14,18H,7,9,11-13,15H2,1-5H3,(H,25,31)(H,26,33). The van der Waals surface area contributed by atoms with Crippen LogP contribution in [0.5, 0.6) is 0 Å². The Balaban J connectivity index is 1.54. The van der Waals surface area contributed by atoms with Crippen LogP contribution in [0.2, 0.25) is 0 Å². The molecule has 0 saturated carbocycles. The van der Waals surface area contributed by atoms with E-state index in [2.05, 4.69) is 20.9 Å². The number of benzene rings is 1. The quantitative estimate of drug-likeness (QED) is 0.626. The Morgan fingerprint density at radius 3 is 2.59 bits per heavy atom. The molecule has 10 nitrogen and oxygen atoms in total. The number of aryl methyl sites for hydroxylation is 1. The highest BCUT2D eigenvalue weighted by molar-refractivity contribution is 5.94. The van der Waals surface area contributed by atoms with E-state index in [-0.39, 0.29) is 30.8 Å². The fourth-order valence-electron chi connectivity index (χ4n) is 3.87. The predicted molar refractivity (Wildman–Crippen MR) is 127 cm³/mol. The summed E-state index contributed by atoms with van der Waals surface area (Å²) in [7, 11) is 0. The molecule has 1 unspecified atom stereocenters. The molecule has 2 aromatic rings. The van der Waals surface area contributed by atoms with E-state index in [0.717, 1.165) is 17.7 Å². The molecule has 1 aromatic carbocycles. The predicted octanol–water partition coefficient (Wildman–Crippen LogP) is 2.38. The van der Waals surface area contributed by atoms with Crippen molar-refractivity contribution in [3.05, 3.63) is 41.2 Å². The van der Waals surface area contributed by atoms with Gasteiger partial charge in [-0.15, -0.1) is 5.10 Å². The lowest BCUT2D eigenvalue weighted by Crippen LogP contribution is -2.47. The molecule has 10 heteroatoms. The second-order valence-electron chi connectivity index (χ2n) is 9.58. The van der Waals surface area contributed by atoms with Crippen LogP contribution in [0, 0.1) is 19.8 Å². The van der Waals surface area contributed by atoms with Gasteiger partial charge in [0.05, 0.1) is 17.3 Å². The van der Waals surface area contributed by atoms with Gasteiger partial charge in [-0.3, -0.25) is 9.59 Å². The minimum Gasteiger partial charge on any atom is -0.444 e. The first-order valence-corrected chi connectivity index (χ1v) is 11.6. The number of rotatable bonds is 6. The Kier molecular flexibility index (Phi) is 7.90. The molecule has 1 aliphatic heterocycles. The molecule has 2 N–H and O–H groups in total. The van der Waals surface area contributed by atoms with Crippen LogP contribution in [-0.4, -0.2) is 69.6 Å². The Labute approximate surface area is 200 Å². The summed E-state index contributed by atoms with van der Waals surface area (Å²) in [6, 6.07) is 7.83. The van der Waals surface area contributed by atoms with Crippen LogP contribution in [0.1, 0.15) is 55.4 Å². The Morgan fingerprint density at radius 2 is 1.88 bits per heavy atom. The number of hydrogen-bond acceptors (Lipinski definition) is 6. The second kappa shape index (κ2) is 10.7. The zero-order valence-corrected chi connectivity index (χ0v) is 20.6. The van der Waals surface area contributed by atoms with E-state index in [1.165, 1.54) is 0 Å². The van der Waals surface area contributed by atoms with E-state index in [9.17, 15) is 14.4 Å². The second-order valence-corrected chi connectivity index (χ2v) is 9.58. The average molecular weight is 471 g/mol. The molecule has 0 aliphatic carbocycles. The number of carbonyl (C=O) groups is 3. The van der Waals surface area contributed by atoms with E-state index in [4.69, 9.17) is 4.74 Å². The lowest BCUT2D eigenvalue weighted by molar-refractivity contribution is -0.126. The molecule has 0 bridgehead atoms. The van der Waals surface area contributed by atoms with Crippen LogP contribution in [0.4, 0.5) is 4.79 Å². The number of ether oxygens (including phenoxy) is 1. The zero-order chi connectivity index (χ0) is 24.9. The number of piperidine rings is 1. The highest BCUT2D eigenvalue weighted by Crippen LogP contribution is 2.20. The summed E-state index contributed by atoms with van der Waals surface area (Å²) in [5.41, 5.74) is 2.32. The zero-order valence-electron chi connectivity index (χ0n) is 20.6. The van der Waals surface area contributed by atoms with Gasteiger partial charge in [-0.2, -0.15) is 0 Å². The van der Waals surface area contributed by atoms with Crippen LogP contribution in [-0.2, 0) is 9.53 Å². The molecule has 3 rings (SSSR count). The maximum atomic E-state index is 13.2. The first kappa shape index (κ1) is 25.2. The van der Waals surface area contributed by atoms with E-state index < -0.39 is 11.7 Å². The fraction of sp³-hybridized carbons (Fsp3) is 0.542. The topological polar surface area (TPSA) is 118 Å². The van der Waals surface area contributed by atoms with Crippen LogP contribution in [0.25, 0.3) is 5.69 Å². The van der Waals surface area contributed by atoms with E-state index >= 15 is 0 Å². The molecule has 0 spiro atoms. The molecule has 1 saturated heterocycles. The smallest absolute Gasteiger partial charge is 0.407 e. The molecule has 34 heavy (non-hydrogen) atoms. The number of carbonyl (C=O) groups excluding carboxylic acids is 3. The molecule has 1 aliphatic rings. The van der Waals surface area contributed by atoms with E-state index in [1.54, 1.807) is 30.4 Å². The number of likely N-dealkylation sites (tertiary alicyclic amines) is 1. The molecule has 1 atom stereocenters. The van der Waals surface area contributed by atoms with Gasteiger partial charge in [0.25, 0.3) is 5.91 Å². The van der Waals surface area contributed by atoms with Gasteiger partial charge >= 0.3 is 6.09 Å². The fourth-order valence-corrected chi connectivity index (χ4v) is 3.87. The van der Waals surface area contributed by atoms with Crippen molar-refractivity contribution in [2.75, 3.05) is 26.2 Å². The van der Waals surface area contributed by atoms with Gasteiger partial charge in [0.2, 0.25) is 5.91 Å². The SMILES string of the molecule is Cc1cccc(-n2nnc(C(=O)N3CCCC(C(=O)NCCNC(=O)OC(C)(C)C)C3)c2C)c1. The van der Waals surface area contributed by atoms with Crippen molar-refractivity contribution < 1.29 is 19.1 Å².